The van der Waals surface area contributed by atoms with Crippen LogP contribution in [-0.4, -0.2) is 0 Å². The Balaban J connectivity index is 2.07. The van der Waals surface area contributed by atoms with Gasteiger partial charge in [-0.05, 0) is 23.8 Å². The number of hydrogen-bond donors (Lipinski definition) is 0. The molecular weight excluding hydrogens is 204 g/mol. The second kappa shape index (κ2) is 8.33. The largest absolute Gasteiger partial charge is 0.0628 e. The molecule has 0 radical (unpaired) electrons. The van der Waals surface area contributed by atoms with Gasteiger partial charge in [0.2, 0.25) is 0 Å². The van der Waals surface area contributed by atoms with Crippen LogP contribution in [0.4, 0.5) is 0 Å². The van der Waals surface area contributed by atoms with E-state index in [1.54, 1.807) is 0 Å². The minimum Gasteiger partial charge on any atom is -0.0628 e. The number of hydrogen-bond acceptors (Lipinski definition) is 0. The molecule has 1 aromatic carbocycles. The van der Waals surface area contributed by atoms with Gasteiger partial charge in [-0.2, -0.15) is 0 Å². The van der Waals surface area contributed by atoms with Crippen LogP contribution in [0.2, 0.25) is 0 Å². The molecule has 0 aliphatic rings. The Labute approximate surface area is 107 Å². The Hall–Kier alpha value is -0.780. The molecule has 0 fully saturated rings. The second-order valence-corrected chi connectivity index (χ2v) is 5.83. The van der Waals surface area contributed by atoms with E-state index >= 15 is 0 Å². The predicted octanol–water partition coefficient (Wildman–Crippen LogP) is 5.47. The fourth-order valence-corrected chi connectivity index (χ4v) is 2.34. The van der Waals surface area contributed by atoms with Crippen LogP contribution >= 0.6 is 0 Å². The van der Waals surface area contributed by atoms with Gasteiger partial charge >= 0.3 is 0 Å². The lowest BCUT2D eigenvalue weighted by Crippen LogP contribution is -1.99. The first-order chi connectivity index (χ1) is 8.18. The van der Waals surface area contributed by atoms with Crippen molar-refractivity contribution < 1.29 is 0 Å². The molecule has 0 aromatic heterocycles. The summed E-state index contributed by atoms with van der Waals surface area (Å²) in [5.41, 5.74) is 1.49. The lowest BCUT2D eigenvalue weighted by atomic mass is 9.95. The van der Waals surface area contributed by atoms with Crippen molar-refractivity contribution in [3.63, 3.8) is 0 Å². The summed E-state index contributed by atoms with van der Waals surface area (Å²) in [6.07, 6.45) is 8.25. The molecule has 0 spiro atoms. The monoisotopic (exact) mass is 232 g/mol. The number of rotatable bonds is 8. The Kier molecular flexibility index (Phi) is 7.00. The summed E-state index contributed by atoms with van der Waals surface area (Å²) in [4.78, 5) is 0. The van der Waals surface area contributed by atoms with Gasteiger partial charge in [-0.3, -0.25) is 0 Å². The average molecular weight is 232 g/mol. The van der Waals surface area contributed by atoms with Gasteiger partial charge in [-0.15, -0.1) is 0 Å². The Morgan fingerprint density at radius 3 is 2.12 bits per heavy atom. The first-order valence-electron chi connectivity index (χ1n) is 7.22. The summed E-state index contributed by atoms with van der Waals surface area (Å²) in [7, 11) is 0. The maximum Gasteiger partial charge on any atom is -0.0253 e. The van der Waals surface area contributed by atoms with Gasteiger partial charge < -0.3 is 0 Å². The SMILES string of the molecule is CC(C)CCCCCC(C)Cc1ccccc1. The van der Waals surface area contributed by atoms with Crippen molar-refractivity contribution in [2.75, 3.05) is 0 Å². The maximum absolute atomic E-state index is 2.38. The molecule has 17 heavy (non-hydrogen) atoms. The smallest absolute Gasteiger partial charge is 0.0253 e. The normalized spacial score (nSPS) is 12.9. The van der Waals surface area contributed by atoms with Crippen LogP contribution in [0.25, 0.3) is 0 Å². The highest BCUT2D eigenvalue weighted by molar-refractivity contribution is 5.14. The third kappa shape index (κ3) is 7.20. The van der Waals surface area contributed by atoms with Crippen molar-refractivity contribution in [3.8, 4) is 0 Å². The summed E-state index contributed by atoms with van der Waals surface area (Å²) in [6.45, 7) is 7.02. The van der Waals surface area contributed by atoms with Crippen LogP contribution in [-0.2, 0) is 6.42 Å². The summed E-state index contributed by atoms with van der Waals surface area (Å²) in [5.74, 6) is 1.70. The molecule has 0 bridgehead atoms. The van der Waals surface area contributed by atoms with Crippen molar-refractivity contribution in [2.24, 2.45) is 11.8 Å². The zero-order valence-corrected chi connectivity index (χ0v) is 11.8. The molecule has 0 heteroatoms. The summed E-state index contributed by atoms with van der Waals surface area (Å²) in [6, 6.07) is 10.9. The first kappa shape index (κ1) is 14.3. The van der Waals surface area contributed by atoms with Gasteiger partial charge in [-0.1, -0.05) is 83.2 Å². The topological polar surface area (TPSA) is 0 Å². The molecule has 0 saturated heterocycles. The van der Waals surface area contributed by atoms with Crippen molar-refractivity contribution >= 4 is 0 Å². The van der Waals surface area contributed by atoms with E-state index in [9.17, 15) is 0 Å². The predicted molar refractivity (Wildman–Crippen MR) is 77.2 cm³/mol. The van der Waals surface area contributed by atoms with Crippen molar-refractivity contribution in [1.29, 1.82) is 0 Å². The van der Waals surface area contributed by atoms with Crippen LogP contribution < -0.4 is 0 Å². The van der Waals surface area contributed by atoms with E-state index in [0.717, 1.165) is 11.8 Å². The highest BCUT2D eigenvalue weighted by Gasteiger charge is 2.03. The van der Waals surface area contributed by atoms with Crippen molar-refractivity contribution in [1.82, 2.24) is 0 Å². The molecule has 1 aromatic rings. The fraction of sp³-hybridized carbons (Fsp3) is 0.647. The molecule has 0 nitrogen and oxygen atoms in total. The highest BCUT2D eigenvalue weighted by atomic mass is 14.1. The third-order valence-electron chi connectivity index (χ3n) is 3.41. The average Bonchev–Trinajstić information content (AvgIpc) is 2.29. The molecule has 0 aliphatic heterocycles. The molecule has 0 heterocycles. The van der Waals surface area contributed by atoms with Gasteiger partial charge in [0.1, 0.15) is 0 Å². The van der Waals surface area contributed by atoms with E-state index in [1.165, 1.54) is 44.1 Å². The van der Waals surface area contributed by atoms with E-state index in [4.69, 9.17) is 0 Å². The van der Waals surface area contributed by atoms with Crippen LogP contribution in [0.5, 0.6) is 0 Å². The zero-order chi connectivity index (χ0) is 12.5. The zero-order valence-electron chi connectivity index (χ0n) is 11.8. The van der Waals surface area contributed by atoms with E-state index in [0.29, 0.717) is 0 Å². The van der Waals surface area contributed by atoms with Crippen LogP contribution in [0.3, 0.4) is 0 Å². The first-order valence-corrected chi connectivity index (χ1v) is 7.22. The Bertz CT molecular complexity index is 273. The molecule has 0 amide bonds. The minimum atomic E-state index is 0.830. The van der Waals surface area contributed by atoms with Crippen molar-refractivity contribution in [2.45, 2.75) is 59.3 Å². The molecule has 1 rings (SSSR count). The highest BCUT2D eigenvalue weighted by Crippen LogP contribution is 2.16. The Morgan fingerprint density at radius 2 is 1.47 bits per heavy atom. The van der Waals surface area contributed by atoms with Gasteiger partial charge in [0.25, 0.3) is 0 Å². The quantitative estimate of drug-likeness (QED) is 0.521. The Morgan fingerprint density at radius 1 is 0.824 bits per heavy atom. The van der Waals surface area contributed by atoms with Gasteiger partial charge in [-0.25, -0.2) is 0 Å². The number of benzene rings is 1. The second-order valence-electron chi connectivity index (χ2n) is 5.83. The van der Waals surface area contributed by atoms with Crippen LogP contribution in [0, 0.1) is 11.8 Å². The van der Waals surface area contributed by atoms with Crippen LogP contribution in [0.15, 0.2) is 30.3 Å². The maximum atomic E-state index is 2.38. The fourth-order valence-electron chi connectivity index (χ4n) is 2.34. The lowest BCUT2D eigenvalue weighted by molar-refractivity contribution is 0.465. The van der Waals surface area contributed by atoms with Gasteiger partial charge in [0, 0.05) is 0 Å². The molecular formula is C17H28. The number of unbranched alkanes of at least 4 members (excludes halogenated alkanes) is 2. The van der Waals surface area contributed by atoms with E-state index in [-0.39, 0.29) is 0 Å². The standard InChI is InChI=1S/C17H28/c1-15(2)10-6-4-7-11-16(3)14-17-12-8-5-9-13-17/h5,8-9,12-13,15-16H,4,6-7,10-11,14H2,1-3H3. The van der Waals surface area contributed by atoms with E-state index in [2.05, 4.69) is 51.1 Å². The van der Waals surface area contributed by atoms with Gasteiger partial charge in [0.15, 0.2) is 0 Å². The molecule has 96 valence electrons. The van der Waals surface area contributed by atoms with Crippen LogP contribution in [0.1, 0.15) is 58.4 Å². The van der Waals surface area contributed by atoms with E-state index in [1.807, 2.05) is 0 Å². The molecule has 0 saturated carbocycles. The van der Waals surface area contributed by atoms with Crippen molar-refractivity contribution in [3.05, 3.63) is 35.9 Å². The molecule has 0 aliphatic carbocycles. The van der Waals surface area contributed by atoms with Gasteiger partial charge in [0.05, 0.1) is 0 Å². The van der Waals surface area contributed by atoms with E-state index < -0.39 is 0 Å². The summed E-state index contributed by atoms with van der Waals surface area (Å²) >= 11 is 0. The summed E-state index contributed by atoms with van der Waals surface area (Å²) < 4.78 is 0. The summed E-state index contributed by atoms with van der Waals surface area (Å²) in [5, 5.41) is 0. The lowest BCUT2D eigenvalue weighted by Gasteiger charge is -2.11. The minimum absolute atomic E-state index is 0.830. The molecule has 0 N–H and O–H groups in total. The molecule has 1 unspecified atom stereocenters. The molecule has 1 atom stereocenters. The third-order valence-corrected chi connectivity index (χ3v) is 3.41.